The van der Waals surface area contributed by atoms with Gasteiger partial charge < -0.3 is 10.6 Å². The maximum absolute atomic E-state index is 12.0. The number of carbonyl (C=O) groups excluding carboxylic acids is 1. The van der Waals surface area contributed by atoms with Gasteiger partial charge in [0.15, 0.2) is 0 Å². The van der Waals surface area contributed by atoms with Gasteiger partial charge >= 0.3 is 0 Å². The Morgan fingerprint density at radius 3 is 2.57 bits per heavy atom. The van der Waals surface area contributed by atoms with Crippen molar-refractivity contribution in [2.24, 2.45) is 5.92 Å². The van der Waals surface area contributed by atoms with Crippen LogP contribution in [0.4, 0.5) is 5.69 Å². The number of amides is 1. The van der Waals surface area contributed by atoms with E-state index in [-0.39, 0.29) is 5.91 Å². The van der Waals surface area contributed by atoms with Crippen LogP contribution in [0.15, 0.2) is 24.3 Å². The summed E-state index contributed by atoms with van der Waals surface area (Å²) in [7, 11) is 0. The molecule has 0 aliphatic heterocycles. The third kappa shape index (κ3) is 6.19. The highest BCUT2D eigenvalue weighted by atomic mass is 16.1. The maximum atomic E-state index is 12.0. The van der Waals surface area contributed by atoms with Crippen LogP contribution in [0.25, 0.3) is 0 Å². The number of hydrogen-bond donors (Lipinski definition) is 2. The summed E-state index contributed by atoms with van der Waals surface area (Å²) in [5.74, 6) is 0.731. The Morgan fingerprint density at radius 2 is 1.95 bits per heavy atom. The van der Waals surface area contributed by atoms with Crippen LogP contribution < -0.4 is 10.6 Å². The lowest BCUT2D eigenvalue weighted by atomic mass is 9.97. The van der Waals surface area contributed by atoms with Gasteiger partial charge in [0.1, 0.15) is 0 Å². The van der Waals surface area contributed by atoms with Crippen molar-refractivity contribution in [1.29, 1.82) is 0 Å². The zero-order valence-corrected chi connectivity index (χ0v) is 13.9. The highest BCUT2D eigenvalue weighted by molar-refractivity contribution is 5.95. The molecule has 0 aliphatic carbocycles. The Kier molecular flexibility index (Phi) is 7.88. The van der Waals surface area contributed by atoms with E-state index >= 15 is 0 Å². The Morgan fingerprint density at radius 1 is 1.19 bits per heavy atom. The molecule has 1 aromatic carbocycles. The molecule has 0 bridgehead atoms. The van der Waals surface area contributed by atoms with E-state index in [0.29, 0.717) is 6.04 Å². The van der Waals surface area contributed by atoms with Crippen LogP contribution in [0.2, 0.25) is 0 Å². The maximum Gasteiger partial charge on any atom is 0.251 e. The van der Waals surface area contributed by atoms with Gasteiger partial charge in [0.05, 0.1) is 0 Å². The fourth-order valence-corrected chi connectivity index (χ4v) is 2.31. The van der Waals surface area contributed by atoms with Crippen molar-refractivity contribution >= 4 is 11.6 Å². The van der Waals surface area contributed by atoms with Crippen LogP contribution in [0.1, 0.15) is 63.7 Å². The zero-order valence-electron chi connectivity index (χ0n) is 13.9. The van der Waals surface area contributed by atoms with Gasteiger partial charge in [0, 0.05) is 23.8 Å². The molecule has 2 atom stereocenters. The second-order valence-electron chi connectivity index (χ2n) is 5.84. The van der Waals surface area contributed by atoms with Crippen molar-refractivity contribution in [2.45, 2.75) is 59.4 Å². The molecule has 3 heteroatoms. The van der Waals surface area contributed by atoms with E-state index in [1.54, 1.807) is 0 Å². The number of anilines is 1. The average molecular weight is 290 g/mol. The van der Waals surface area contributed by atoms with Crippen LogP contribution in [0.3, 0.4) is 0 Å². The van der Waals surface area contributed by atoms with Gasteiger partial charge in [-0.15, -0.1) is 0 Å². The van der Waals surface area contributed by atoms with Gasteiger partial charge in [-0.1, -0.05) is 40.2 Å². The Bertz CT molecular complexity index is 431. The molecule has 2 N–H and O–H groups in total. The summed E-state index contributed by atoms with van der Waals surface area (Å²) in [6, 6.07) is 8.26. The van der Waals surface area contributed by atoms with Gasteiger partial charge in [-0.3, -0.25) is 4.79 Å². The number of carbonyl (C=O) groups is 1. The molecule has 21 heavy (non-hydrogen) atoms. The van der Waals surface area contributed by atoms with Crippen molar-refractivity contribution < 1.29 is 4.79 Å². The molecular formula is C18H30N2O. The first kappa shape index (κ1) is 17.5. The highest BCUT2D eigenvalue weighted by Gasteiger charge is 2.11. The van der Waals surface area contributed by atoms with Crippen LogP contribution in [0.5, 0.6) is 0 Å². The fraction of sp³-hybridized carbons (Fsp3) is 0.611. The molecule has 0 radical (unpaired) electrons. The van der Waals surface area contributed by atoms with E-state index in [1.165, 1.54) is 12.8 Å². The Labute approximate surface area is 129 Å². The molecule has 0 saturated carbocycles. The molecular weight excluding hydrogens is 260 g/mol. The largest absolute Gasteiger partial charge is 0.382 e. The van der Waals surface area contributed by atoms with E-state index in [4.69, 9.17) is 0 Å². The molecule has 3 nitrogen and oxygen atoms in total. The van der Waals surface area contributed by atoms with Crippen molar-refractivity contribution in [3.63, 3.8) is 0 Å². The fourth-order valence-electron chi connectivity index (χ4n) is 2.31. The lowest BCUT2D eigenvalue weighted by Crippen LogP contribution is -2.24. The molecule has 0 saturated heterocycles. The monoisotopic (exact) mass is 290 g/mol. The van der Waals surface area contributed by atoms with E-state index in [0.717, 1.165) is 36.6 Å². The van der Waals surface area contributed by atoms with Crippen LogP contribution in [-0.2, 0) is 0 Å². The summed E-state index contributed by atoms with van der Waals surface area (Å²) in [6.45, 7) is 9.51. The summed E-state index contributed by atoms with van der Waals surface area (Å²) >= 11 is 0. The lowest BCUT2D eigenvalue weighted by molar-refractivity contribution is 0.0953. The van der Waals surface area contributed by atoms with Gasteiger partial charge in [-0.05, 0) is 43.4 Å². The van der Waals surface area contributed by atoms with Gasteiger partial charge in [0.2, 0.25) is 0 Å². The second kappa shape index (κ2) is 9.43. The van der Waals surface area contributed by atoms with Gasteiger partial charge in [-0.2, -0.15) is 0 Å². The first-order valence-electron chi connectivity index (χ1n) is 8.25. The number of hydrogen-bond acceptors (Lipinski definition) is 2. The molecule has 1 aromatic rings. The summed E-state index contributed by atoms with van der Waals surface area (Å²) < 4.78 is 0. The summed E-state index contributed by atoms with van der Waals surface area (Å²) in [4.78, 5) is 12.0. The van der Waals surface area contributed by atoms with E-state index in [9.17, 15) is 4.79 Å². The molecule has 0 aliphatic rings. The molecule has 1 rings (SSSR count). The topological polar surface area (TPSA) is 41.1 Å². The molecule has 2 unspecified atom stereocenters. The van der Waals surface area contributed by atoms with Crippen molar-refractivity contribution in [2.75, 3.05) is 11.9 Å². The minimum atomic E-state index is 0.00970. The molecule has 1 amide bonds. The standard InChI is InChI=1S/C18H30N2O/c1-5-11-19-18(21)15-9-8-10-17(13-15)20-16(7-3)12-14(4)6-2/h8-10,13-14,16,20H,5-7,11-12H2,1-4H3,(H,19,21). The molecule has 0 fully saturated rings. The van der Waals surface area contributed by atoms with Crippen molar-refractivity contribution in [1.82, 2.24) is 5.32 Å². The van der Waals surface area contributed by atoms with Crippen molar-refractivity contribution in [3.8, 4) is 0 Å². The first-order valence-corrected chi connectivity index (χ1v) is 8.25. The molecule has 0 aromatic heterocycles. The van der Waals surface area contributed by atoms with E-state index in [1.807, 2.05) is 24.3 Å². The van der Waals surface area contributed by atoms with Crippen LogP contribution >= 0.6 is 0 Å². The quantitative estimate of drug-likeness (QED) is 0.705. The van der Waals surface area contributed by atoms with Gasteiger partial charge in [0.25, 0.3) is 5.91 Å². The number of benzene rings is 1. The van der Waals surface area contributed by atoms with Crippen molar-refractivity contribution in [3.05, 3.63) is 29.8 Å². The lowest BCUT2D eigenvalue weighted by Gasteiger charge is -2.21. The predicted octanol–water partition coefficient (Wildman–Crippen LogP) is 4.45. The van der Waals surface area contributed by atoms with Crippen LogP contribution in [-0.4, -0.2) is 18.5 Å². The van der Waals surface area contributed by atoms with E-state index < -0.39 is 0 Å². The summed E-state index contributed by atoms with van der Waals surface area (Å²) in [6.07, 6.45) is 4.42. The number of nitrogens with one attached hydrogen (secondary N) is 2. The molecule has 118 valence electrons. The summed E-state index contributed by atoms with van der Waals surface area (Å²) in [5, 5.41) is 6.48. The first-order chi connectivity index (χ1) is 10.1. The molecule has 0 spiro atoms. The second-order valence-corrected chi connectivity index (χ2v) is 5.84. The highest BCUT2D eigenvalue weighted by Crippen LogP contribution is 2.18. The van der Waals surface area contributed by atoms with Gasteiger partial charge in [-0.25, -0.2) is 0 Å². The zero-order chi connectivity index (χ0) is 15.7. The number of rotatable bonds is 9. The average Bonchev–Trinajstić information content (AvgIpc) is 2.51. The van der Waals surface area contributed by atoms with Crippen LogP contribution in [0, 0.1) is 5.92 Å². The SMILES string of the molecule is CCCNC(=O)c1cccc(NC(CC)CC(C)CC)c1. The third-order valence-electron chi connectivity index (χ3n) is 3.91. The third-order valence-corrected chi connectivity index (χ3v) is 3.91. The normalized spacial score (nSPS) is 13.5. The minimum absolute atomic E-state index is 0.00970. The summed E-state index contributed by atoms with van der Waals surface area (Å²) in [5.41, 5.74) is 1.76. The molecule has 0 heterocycles. The Balaban J connectivity index is 2.68. The predicted molar refractivity (Wildman–Crippen MR) is 90.8 cm³/mol. The van der Waals surface area contributed by atoms with E-state index in [2.05, 4.69) is 38.3 Å². The minimum Gasteiger partial charge on any atom is -0.382 e. The Hall–Kier alpha value is -1.51. The smallest absolute Gasteiger partial charge is 0.251 e.